The zero-order chi connectivity index (χ0) is 15.3. The Morgan fingerprint density at radius 1 is 1.30 bits per heavy atom. The number of nitrogens with zero attached hydrogens (tertiary/aromatic N) is 2. The van der Waals surface area contributed by atoms with Crippen LogP contribution >= 0.6 is 0 Å². The highest BCUT2D eigenvalue weighted by molar-refractivity contribution is 5.95. The van der Waals surface area contributed by atoms with Gasteiger partial charge in [-0.1, -0.05) is 0 Å². The fraction of sp³-hybridized carbons (Fsp3) is 0.533. The van der Waals surface area contributed by atoms with E-state index < -0.39 is 5.97 Å². The number of carbonyl (C=O) groups excluding carboxylic acids is 1. The van der Waals surface area contributed by atoms with Crippen LogP contribution in [-0.2, 0) is 4.79 Å². The maximum Gasteiger partial charge on any atom is 0.303 e. The summed E-state index contributed by atoms with van der Waals surface area (Å²) in [4.78, 5) is 29.1. The molecule has 0 atom stereocenters. The maximum atomic E-state index is 12.5. The zero-order valence-corrected chi connectivity index (χ0v) is 12.5. The van der Waals surface area contributed by atoms with E-state index in [-0.39, 0.29) is 18.4 Å². The Labute approximate surface area is 119 Å². The van der Waals surface area contributed by atoms with Gasteiger partial charge in [0.25, 0.3) is 5.91 Å². The Hall–Kier alpha value is -1.91. The van der Waals surface area contributed by atoms with Crippen LogP contribution in [0.1, 0.15) is 48.4 Å². The molecule has 1 aromatic rings. The van der Waals surface area contributed by atoms with E-state index in [9.17, 15) is 9.59 Å². The van der Waals surface area contributed by atoms with Gasteiger partial charge in [-0.05, 0) is 46.2 Å². The number of carboxylic acid groups (broad SMARTS) is 1. The number of hydrogen-bond donors (Lipinski definition) is 1. The van der Waals surface area contributed by atoms with Gasteiger partial charge in [0.1, 0.15) is 0 Å². The maximum absolute atomic E-state index is 12.5. The molecule has 1 N–H and O–H groups in total. The fourth-order valence-corrected chi connectivity index (χ4v) is 2.06. The fourth-order valence-electron chi connectivity index (χ4n) is 2.06. The largest absolute Gasteiger partial charge is 0.481 e. The molecule has 1 aromatic heterocycles. The summed E-state index contributed by atoms with van der Waals surface area (Å²) < 4.78 is 0. The lowest BCUT2D eigenvalue weighted by Gasteiger charge is -2.27. The first-order valence-electron chi connectivity index (χ1n) is 6.80. The lowest BCUT2D eigenvalue weighted by atomic mass is 10.1. The molecule has 1 heterocycles. The lowest BCUT2D eigenvalue weighted by molar-refractivity contribution is -0.137. The van der Waals surface area contributed by atoms with Crippen LogP contribution in [0.15, 0.2) is 12.1 Å². The molecule has 0 bridgehead atoms. The molecule has 0 spiro atoms. The Kier molecular flexibility index (Phi) is 5.67. The molecule has 0 fully saturated rings. The van der Waals surface area contributed by atoms with Gasteiger partial charge in [-0.2, -0.15) is 0 Å². The van der Waals surface area contributed by atoms with Gasteiger partial charge in [-0.15, -0.1) is 0 Å². The van der Waals surface area contributed by atoms with Crippen molar-refractivity contribution in [2.75, 3.05) is 6.54 Å². The number of aromatic nitrogens is 1. The topological polar surface area (TPSA) is 70.5 Å². The van der Waals surface area contributed by atoms with Crippen LogP contribution in [-0.4, -0.2) is 39.5 Å². The van der Waals surface area contributed by atoms with Crippen molar-refractivity contribution in [1.82, 2.24) is 9.88 Å². The van der Waals surface area contributed by atoms with Crippen LogP contribution < -0.4 is 0 Å². The van der Waals surface area contributed by atoms with E-state index in [1.165, 1.54) is 0 Å². The number of carbonyl (C=O) groups is 2. The van der Waals surface area contributed by atoms with Crippen LogP contribution in [0.4, 0.5) is 0 Å². The molecule has 0 radical (unpaired) electrons. The van der Waals surface area contributed by atoms with Crippen molar-refractivity contribution in [1.29, 1.82) is 0 Å². The zero-order valence-electron chi connectivity index (χ0n) is 12.5. The lowest BCUT2D eigenvalue weighted by Crippen LogP contribution is -2.38. The van der Waals surface area contributed by atoms with Gasteiger partial charge in [0.05, 0.1) is 11.3 Å². The molecular weight excluding hydrogens is 256 g/mol. The number of amides is 1. The van der Waals surface area contributed by atoms with Crippen LogP contribution in [0.25, 0.3) is 0 Å². The minimum absolute atomic E-state index is 0.0250. The van der Waals surface area contributed by atoms with Crippen LogP contribution in [0, 0.1) is 13.8 Å². The second-order valence-corrected chi connectivity index (χ2v) is 5.18. The molecule has 0 unspecified atom stereocenters. The summed E-state index contributed by atoms with van der Waals surface area (Å²) in [5, 5.41) is 8.68. The van der Waals surface area contributed by atoms with E-state index in [4.69, 9.17) is 5.11 Å². The third-order valence-corrected chi connectivity index (χ3v) is 3.13. The summed E-state index contributed by atoms with van der Waals surface area (Å²) in [5.41, 5.74) is 2.17. The molecule has 5 heteroatoms. The molecule has 0 aliphatic heterocycles. The van der Waals surface area contributed by atoms with E-state index in [1.807, 2.05) is 33.8 Å². The average molecular weight is 278 g/mol. The molecule has 1 amide bonds. The van der Waals surface area contributed by atoms with Crippen molar-refractivity contribution in [3.05, 3.63) is 29.1 Å². The molecule has 110 valence electrons. The van der Waals surface area contributed by atoms with Crippen molar-refractivity contribution in [2.45, 2.75) is 46.6 Å². The molecule has 0 saturated heterocycles. The number of rotatable bonds is 6. The Morgan fingerprint density at radius 3 is 2.45 bits per heavy atom. The molecule has 1 rings (SSSR count). The predicted molar refractivity (Wildman–Crippen MR) is 76.8 cm³/mol. The summed E-state index contributed by atoms with van der Waals surface area (Å²) in [5.74, 6) is -0.926. The van der Waals surface area contributed by atoms with E-state index >= 15 is 0 Å². The molecule has 0 saturated carbocycles. The molecule has 5 nitrogen and oxygen atoms in total. The summed E-state index contributed by atoms with van der Waals surface area (Å²) in [6.07, 6.45) is 0.527. The van der Waals surface area contributed by atoms with Gasteiger partial charge in [0.2, 0.25) is 0 Å². The Morgan fingerprint density at radius 2 is 1.95 bits per heavy atom. The first-order valence-corrected chi connectivity index (χ1v) is 6.80. The number of hydrogen-bond acceptors (Lipinski definition) is 3. The quantitative estimate of drug-likeness (QED) is 0.867. The molecule has 20 heavy (non-hydrogen) atoms. The average Bonchev–Trinajstić information content (AvgIpc) is 2.33. The number of pyridine rings is 1. The van der Waals surface area contributed by atoms with Gasteiger partial charge in [0.15, 0.2) is 0 Å². The molecule has 0 aliphatic carbocycles. The molecule has 0 aliphatic rings. The van der Waals surface area contributed by atoms with Crippen LogP contribution in [0.3, 0.4) is 0 Å². The predicted octanol–water partition coefficient (Wildman–Crippen LogP) is 2.41. The number of aryl methyl sites for hydroxylation is 2. The highest BCUT2D eigenvalue weighted by Gasteiger charge is 2.20. The monoisotopic (exact) mass is 278 g/mol. The Bertz CT molecular complexity index is 498. The van der Waals surface area contributed by atoms with E-state index in [0.29, 0.717) is 24.2 Å². The van der Waals surface area contributed by atoms with Crippen molar-refractivity contribution >= 4 is 11.9 Å². The second kappa shape index (κ2) is 7.03. The summed E-state index contributed by atoms with van der Waals surface area (Å²) in [7, 11) is 0. The highest BCUT2D eigenvalue weighted by Crippen LogP contribution is 2.13. The van der Waals surface area contributed by atoms with Crippen LogP contribution in [0.2, 0.25) is 0 Å². The van der Waals surface area contributed by atoms with E-state index in [1.54, 1.807) is 11.0 Å². The minimum atomic E-state index is -0.839. The third-order valence-electron chi connectivity index (χ3n) is 3.13. The number of aliphatic carboxylic acids is 1. The SMILES string of the molecule is Cc1ccc(C(=O)N(CCCC(=O)O)C(C)C)c(C)n1. The minimum Gasteiger partial charge on any atom is -0.481 e. The summed E-state index contributed by atoms with van der Waals surface area (Å²) >= 11 is 0. The van der Waals surface area contributed by atoms with Crippen LogP contribution in [0.5, 0.6) is 0 Å². The van der Waals surface area contributed by atoms with Gasteiger partial charge in [-0.25, -0.2) is 0 Å². The third kappa shape index (κ3) is 4.33. The van der Waals surface area contributed by atoms with Crippen molar-refractivity contribution in [3.63, 3.8) is 0 Å². The van der Waals surface area contributed by atoms with Gasteiger partial charge >= 0.3 is 5.97 Å². The van der Waals surface area contributed by atoms with Gasteiger partial charge in [0, 0.05) is 24.7 Å². The molecule has 0 aromatic carbocycles. The first kappa shape index (κ1) is 16.1. The normalized spacial score (nSPS) is 10.7. The number of carboxylic acids is 1. The smallest absolute Gasteiger partial charge is 0.303 e. The summed E-state index contributed by atoms with van der Waals surface area (Å²) in [6.45, 7) is 7.99. The van der Waals surface area contributed by atoms with Crippen molar-refractivity contribution in [3.8, 4) is 0 Å². The second-order valence-electron chi connectivity index (χ2n) is 5.18. The Balaban J connectivity index is 2.85. The highest BCUT2D eigenvalue weighted by atomic mass is 16.4. The van der Waals surface area contributed by atoms with Gasteiger partial charge in [-0.3, -0.25) is 14.6 Å². The standard InChI is InChI=1S/C15H22N2O3/c1-10(2)17(9-5-6-14(18)19)15(20)13-8-7-11(3)16-12(13)4/h7-8,10H,5-6,9H2,1-4H3,(H,18,19). The van der Waals surface area contributed by atoms with Crippen molar-refractivity contribution < 1.29 is 14.7 Å². The van der Waals surface area contributed by atoms with Gasteiger partial charge < -0.3 is 10.0 Å². The summed E-state index contributed by atoms with van der Waals surface area (Å²) in [6, 6.07) is 3.62. The van der Waals surface area contributed by atoms with E-state index in [2.05, 4.69) is 4.98 Å². The molecular formula is C15H22N2O3. The van der Waals surface area contributed by atoms with E-state index in [0.717, 1.165) is 5.69 Å². The first-order chi connectivity index (χ1) is 9.32. The van der Waals surface area contributed by atoms with Crippen molar-refractivity contribution in [2.24, 2.45) is 0 Å².